The minimum atomic E-state index is 0.0233. The average molecular weight is 432 g/mol. The lowest BCUT2D eigenvalue weighted by molar-refractivity contribution is 0.0708. The van der Waals surface area contributed by atoms with Crippen molar-refractivity contribution in [2.75, 3.05) is 13.1 Å². The summed E-state index contributed by atoms with van der Waals surface area (Å²) in [6.07, 6.45) is 4.08. The summed E-state index contributed by atoms with van der Waals surface area (Å²) < 4.78 is 5.80. The van der Waals surface area contributed by atoms with Crippen molar-refractivity contribution in [2.24, 2.45) is 0 Å². The number of amides is 1. The highest BCUT2D eigenvalue weighted by molar-refractivity contribution is 7.09. The molecule has 1 N–H and O–H groups in total. The van der Waals surface area contributed by atoms with Gasteiger partial charge in [-0.05, 0) is 49.4 Å². The van der Waals surface area contributed by atoms with Crippen molar-refractivity contribution in [3.63, 3.8) is 0 Å². The number of thiazole rings is 1. The van der Waals surface area contributed by atoms with Crippen molar-refractivity contribution in [1.29, 1.82) is 0 Å². The summed E-state index contributed by atoms with van der Waals surface area (Å²) in [6, 6.07) is 16.4. The molecule has 0 aliphatic carbocycles. The molecule has 2 aromatic heterocycles. The van der Waals surface area contributed by atoms with Gasteiger partial charge in [0.25, 0.3) is 5.91 Å². The van der Waals surface area contributed by atoms with E-state index in [1.807, 2.05) is 41.5 Å². The number of aryl methyl sites for hydroxylation is 1. The van der Waals surface area contributed by atoms with Crippen LogP contribution in [0.15, 0.2) is 60.1 Å². The van der Waals surface area contributed by atoms with Gasteiger partial charge < -0.3 is 14.6 Å². The van der Waals surface area contributed by atoms with Crippen LogP contribution in [-0.4, -0.2) is 33.9 Å². The molecule has 0 atom stereocenters. The van der Waals surface area contributed by atoms with E-state index in [0.717, 1.165) is 36.7 Å². The van der Waals surface area contributed by atoms with E-state index in [-0.39, 0.29) is 5.91 Å². The standard InChI is InChI=1S/C25H25N3O2S/c1-17-6-8-19(9-7-17)30-15-24-27-23(16-31-24)25(29)28-12-10-18(11-13-28)21-14-26-22-5-3-2-4-20(21)22/h2-9,14,16,18,26H,10-13,15H2,1H3. The Bertz CT molecular complexity index is 1190. The highest BCUT2D eigenvalue weighted by Gasteiger charge is 2.27. The first-order chi connectivity index (χ1) is 15.2. The van der Waals surface area contributed by atoms with E-state index >= 15 is 0 Å². The van der Waals surface area contributed by atoms with E-state index in [1.54, 1.807) is 0 Å². The number of nitrogens with zero attached hydrogens (tertiary/aromatic N) is 2. The van der Waals surface area contributed by atoms with Crippen LogP contribution in [0.25, 0.3) is 10.9 Å². The molecule has 158 valence electrons. The van der Waals surface area contributed by atoms with Gasteiger partial charge in [0.05, 0.1) is 0 Å². The summed E-state index contributed by atoms with van der Waals surface area (Å²) in [4.78, 5) is 22.8. The number of carbonyl (C=O) groups is 1. The molecule has 0 saturated carbocycles. The third-order valence-electron chi connectivity index (χ3n) is 6.00. The second-order valence-electron chi connectivity index (χ2n) is 8.08. The van der Waals surface area contributed by atoms with Crippen molar-refractivity contribution in [1.82, 2.24) is 14.9 Å². The molecule has 31 heavy (non-hydrogen) atoms. The minimum absolute atomic E-state index is 0.0233. The highest BCUT2D eigenvalue weighted by atomic mass is 32.1. The van der Waals surface area contributed by atoms with Gasteiger partial charge in [0.15, 0.2) is 0 Å². The molecule has 1 saturated heterocycles. The number of para-hydroxylation sites is 1. The molecule has 0 spiro atoms. The zero-order chi connectivity index (χ0) is 21.2. The van der Waals surface area contributed by atoms with Crippen LogP contribution in [0.1, 0.15) is 45.4 Å². The van der Waals surface area contributed by atoms with E-state index in [2.05, 4.69) is 40.4 Å². The fourth-order valence-corrected chi connectivity index (χ4v) is 4.92. The van der Waals surface area contributed by atoms with Gasteiger partial charge in [0, 0.05) is 35.6 Å². The zero-order valence-corrected chi connectivity index (χ0v) is 18.3. The highest BCUT2D eigenvalue weighted by Crippen LogP contribution is 2.33. The Labute approximate surface area is 185 Å². The third kappa shape index (κ3) is 4.21. The largest absolute Gasteiger partial charge is 0.486 e. The first-order valence-corrected chi connectivity index (χ1v) is 11.5. The summed E-state index contributed by atoms with van der Waals surface area (Å²) in [6.45, 7) is 3.95. The maximum absolute atomic E-state index is 13.0. The van der Waals surface area contributed by atoms with Crippen LogP contribution >= 0.6 is 11.3 Å². The van der Waals surface area contributed by atoms with E-state index in [4.69, 9.17) is 4.74 Å². The Morgan fingerprint density at radius 3 is 2.74 bits per heavy atom. The number of aromatic amines is 1. The van der Waals surface area contributed by atoms with Crippen LogP contribution in [0, 0.1) is 6.92 Å². The molecule has 6 heteroatoms. The number of benzene rings is 2. The Morgan fingerprint density at radius 1 is 1.16 bits per heavy atom. The maximum atomic E-state index is 13.0. The predicted octanol–water partition coefficient (Wildman–Crippen LogP) is 5.53. The summed E-state index contributed by atoms with van der Waals surface area (Å²) in [5.74, 6) is 1.32. The maximum Gasteiger partial charge on any atom is 0.273 e. The first-order valence-electron chi connectivity index (χ1n) is 10.7. The quantitative estimate of drug-likeness (QED) is 0.452. The Balaban J connectivity index is 1.18. The van der Waals surface area contributed by atoms with Gasteiger partial charge in [-0.15, -0.1) is 11.3 Å². The summed E-state index contributed by atoms with van der Waals surface area (Å²) >= 11 is 1.48. The fraction of sp³-hybridized carbons (Fsp3) is 0.280. The summed E-state index contributed by atoms with van der Waals surface area (Å²) in [5, 5.41) is 3.96. The second kappa shape index (κ2) is 8.55. The molecule has 0 bridgehead atoms. The number of likely N-dealkylation sites (tertiary alicyclic amines) is 1. The lowest BCUT2D eigenvalue weighted by Gasteiger charge is -2.31. The van der Waals surface area contributed by atoms with Gasteiger partial charge in [-0.2, -0.15) is 0 Å². The monoisotopic (exact) mass is 431 g/mol. The Hall–Kier alpha value is -3.12. The molecule has 1 amide bonds. The number of aromatic nitrogens is 2. The molecule has 0 radical (unpaired) electrons. The van der Waals surface area contributed by atoms with Crippen LogP contribution < -0.4 is 4.74 Å². The second-order valence-corrected chi connectivity index (χ2v) is 9.03. The summed E-state index contributed by atoms with van der Waals surface area (Å²) in [5.41, 5.74) is 4.27. The number of nitrogens with one attached hydrogen (secondary N) is 1. The molecular formula is C25H25N3O2S. The molecular weight excluding hydrogens is 406 g/mol. The van der Waals surface area contributed by atoms with Crippen LogP contribution in [0.2, 0.25) is 0 Å². The number of hydrogen-bond donors (Lipinski definition) is 1. The third-order valence-corrected chi connectivity index (χ3v) is 6.82. The van der Waals surface area contributed by atoms with Gasteiger partial charge in [0.1, 0.15) is 23.1 Å². The number of piperidine rings is 1. The van der Waals surface area contributed by atoms with Crippen LogP contribution in [-0.2, 0) is 6.61 Å². The molecule has 1 aliphatic rings. The van der Waals surface area contributed by atoms with Crippen molar-refractivity contribution in [2.45, 2.75) is 32.3 Å². The molecule has 5 rings (SSSR count). The van der Waals surface area contributed by atoms with E-state index in [9.17, 15) is 4.79 Å². The molecule has 3 heterocycles. The van der Waals surface area contributed by atoms with E-state index in [1.165, 1.54) is 33.4 Å². The first kappa shape index (κ1) is 19.8. The SMILES string of the molecule is Cc1ccc(OCc2nc(C(=O)N3CCC(c4c[nH]c5ccccc45)CC3)cs2)cc1. The van der Waals surface area contributed by atoms with Crippen molar-refractivity contribution in [3.8, 4) is 5.75 Å². The van der Waals surface area contributed by atoms with Gasteiger partial charge in [-0.3, -0.25) is 4.79 Å². The Kier molecular flexibility index (Phi) is 5.47. The molecule has 5 nitrogen and oxygen atoms in total. The van der Waals surface area contributed by atoms with Crippen LogP contribution in [0.4, 0.5) is 0 Å². The van der Waals surface area contributed by atoms with Gasteiger partial charge in [-0.1, -0.05) is 35.9 Å². The number of rotatable bonds is 5. The summed E-state index contributed by atoms with van der Waals surface area (Å²) in [7, 11) is 0. The number of ether oxygens (including phenoxy) is 1. The number of hydrogen-bond acceptors (Lipinski definition) is 4. The topological polar surface area (TPSA) is 58.2 Å². The molecule has 1 aliphatic heterocycles. The predicted molar refractivity (Wildman–Crippen MR) is 124 cm³/mol. The average Bonchev–Trinajstić information content (AvgIpc) is 3.46. The fourth-order valence-electron chi connectivity index (χ4n) is 4.24. The Morgan fingerprint density at radius 2 is 1.94 bits per heavy atom. The minimum Gasteiger partial charge on any atom is -0.486 e. The number of carbonyl (C=O) groups excluding carboxylic acids is 1. The van der Waals surface area contributed by atoms with Gasteiger partial charge in [-0.25, -0.2) is 4.98 Å². The van der Waals surface area contributed by atoms with Crippen LogP contribution in [0.3, 0.4) is 0 Å². The molecule has 2 aromatic carbocycles. The lowest BCUT2D eigenvalue weighted by Crippen LogP contribution is -2.38. The van der Waals surface area contributed by atoms with Crippen molar-refractivity contribution in [3.05, 3.63) is 81.9 Å². The zero-order valence-electron chi connectivity index (χ0n) is 17.5. The number of H-pyrrole nitrogens is 1. The van der Waals surface area contributed by atoms with E-state index < -0.39 is 0 Å². The smallest absolute Gasteiger partial charge is 0.273 e. The van der Waals surface area contributed by atoms with Crippen molar-refractivity contribution >= 4 is 28.1 Å². The van der Waals surface area contributed by atoms with Crippen LogP contribution in [0.5, 0.6) is 5.75 Å². The van der Waals surface area contributed by atoms with Gasteiger partial charge in [0.2, 0.25) is 0 Å². The van der Waals surface area contributed by atoms with Crippen molar-refractivity contribution < 1.29 is 9.53 Å². The molecule has 0 unspecified atom stereocenters. The number of fused-ring (bicyclic) bond motifs is 1. The van der Waals surface area contributed by atoms with Gasteiger partial charge >= 0.3 is 0 Å². The lowest BCUT2D eigenvalue weighted by atomic mass is 9.89. The molecule has 1 fully saturated rings. The van der Waals surface area contributed by atoms with E-state index in [0.29, 0.717) is 18.2 Å². The molecule has 4 aromatic rings. The normalized spacial score (nSPS) is 14.8.